The third-order valence-corrected chi connectivity index (χ3v) is 7.35. The number of hydrogen-bond donors (Lipinski definition) is 2. The molecule has 1 amide bonds. The van der Waals surface area contributed by atoms with Gasteiger partial charge in [0.25, 0.3) is 5.91 Å². The summed E-state index contributed by atoms with van der Waals surface area (Å²) in [4.78, 5) is 12.4. The Morgan fingerprint density at radius 2 is 1.81 bits per heavy atom. The lowest BCUT2D eigenvalue weighted by atomic mass is 10.2. The largest absolute Gasteiger partial charge is 0.490 e. The van der Waals surface area contributed by atoms with Gasteiger partial charge in [-0.1, -0.05) is 76.1 Å². The van der Waals surface area contributed by atoms with Crippen LogP contribution >= 0.6 is 21.6 Å². The predicted octanol–water partition coefficient (Wildman–Crippen LogP) is 4.99. The van der Waals surface area contributed by atoms with Crippen LogP contribution in [0.1, 0.15) is 58.8 Å². The van der Waals surface area contributed by atoms with Gasteiger partial charge < -0.3 is 24.8 Å². The zero-order chi connectivity index (χ0) is 24.0. The van der Waals surface area contributed by atoms with Gasteiger partial charge in [0.2, 0.25) is 0 Å². The molecule has 0 bridgehead atoms. The highest BCUT2D eigenvalue weighted by molar-refractivity contribution is 8.77. The van der Waals surface area contributed by atoms with Gasteiger partial charge in [-0.05, 0) is 24.1 Å². The predicted molar refractivity (Wildman–Crippen MR) is 138 cm³/mol. The molecule has 32 heavy (non-hydrogen) atoms. The third-order valence-electron chi connectivity index (χ3n) is 3.83. The summed E-state index contributed by atoms with van der Waals surface area (Å²) in [7, 11) is 3.43. The standard InChI is InChI=1S/C24H42N2O4S2/c1-18(2)16-28-13-14-29-22(31-32-24(5,6)7)17-30-21-10-8-9-20(15-21)23(27)26-12-11-25-19(3)4/h8-10,15,18-19,22,25H,11-14,16-17H2,1-7H3,(H,26,27). The summed E-state index contributed by atoms with van der Waals surface area (Å²) in [5.41, 5.74) is 0.449. The molecule has 0 aliphatic rings. The van der Waals surface area contributed by atoms with Crippen LogP contribution in [-0.2, 0) is 9.47 Å². The van der Waals surface area contributed by atoms with E-state index < -0.39 is 0 Å². The number of nitrogens with one attached hydrogen (secondary N) is 2. The Morgan fingerprint density at radius 3 is 2.47 bits per heavy atom. The van der Waals surface area contributed by atoms with Gasteiger partial charge in [0, 0.05) is 36.0 Å². The summed E-state index contributed by atoms with van der Waals surface area (Å²) in [6.07, 6.45) is 0. The Bertz CT molecular complexity index is 651. The average molecular weight is 487 g/mol. The van der Waals surface area contributed by atoms with Gasteiger partial charge in [0.05, 0.1) is 13.2 Å². The Balaban J connectivity index is 2.55. The van der Waals surface area contributed by atoms with E-state index in [1.807, 2.05) is 12.1 Å². The van der Waals surface area contributed by atoms with Crippen LogP contribution in [0.3, 0.4) is 0 Å². The SMILES string of the molecule is CC(C)COCCOC(COc1cccc(C(=O)NCCNC(C)C)c1)SSC(C)(C)C. The van der Waals surface area contributed by atoms with Crippen molar-refractivity contribution in [3.63, 3.8) is 0 Å². The molecule has 0 fully saturated rings. The van der Waals surface area contributed by atoms with Gasteiger partial charge in [-0.25, -0.2) is 0 Å². The maximum atomic E-state index is 12.4. The van der Waals surface area contributed by atoms with Crippen LogP contribution in [0.2, 0.25) is 0 Å². The normalized spacial score (nSPS) is 12.9. The van der Waals surface area contributed by atoms with Crippen molar-refractivity contribution in [2.75, 3.05) is 39.5 Å². The second kappa shape index (κ2) is 15.8. The zero-order valence-corrected chi connectivity index (χ0v) is 22.4. The molecular weight excluding hydrogens is 444 g/mol. The first kappa shape index (κ1) is 29.1. The van der Waals surface area contributed by atoms with Crippen molar-refractivity contribution < 1.29 is 19.0 Å². The maximum absolute atomic E-state index is 12.4. The van der Waals surface area contributed by atoms with E-state index in [0.29, 0.717) is 49.6 Å². The van der Waals surface area contributed by atoms with E-state index in [9.17, 15) is 4.79 Å². The molecule has 1 atom stereocenters. The number of amides is 1. The van der Waals surface area contributed by atoms with Gasteiger partial charge in [-0.15, -0.1) is 0 Å². The Labute approximate surface area is 202 Å². The monoisotopic (exact) mass is 486 g/mol. The van der Waals surface area contributed by atoms with E-state index in [-0.39, 0.29) is 16.1 Å². The Hall–Kier alpha value is -0.930. The number of hydrogen-bond acceptors (Lipinski definition) is 7. The van der Waals surface area contributed by atoms with Gasteiger partial charge >= 0.3 is 0 Å². The Morgan fingerprint density at radius 1 is 1.06 bits per heavy atom. The van der Waals surface area contributed by atoms with Crippen molar-refractivity contribution in [3.8, 4) is 5.75 Å². The molecule has 6 nitrogen and oxygen atoms in total. The van der Waals surface area contributed by atoms with Gasteiger partial charge in [0.15, 0.2) is 0 Å². The van der Waals surface area contributed by atoms with Crippen LogP contribution in [0, 0.1) is 5.92 Å². The zero-order valence-electron chi connectivity index (χ0n) is 20.7. The molecule has 0 radical (unpaired) electrons. The van der Waals surface area contributed by atoms with Crippen LogP contribution < -0.4 is 15.4 Å². The van der Waals surface area contributed by atoms with E-state index in [0.717, 1.165) is 13.2 Å². The first-order valence-corrected chi connectivity index (χ1v) is 13.6. The van der Waals surface area contributed by atoms with Gasteiger partial charge in [-0.3, -0.25) is 4.79 Å². The maximum Gasteiger partial charge on any atom is 0.251 e. The molecule has 0 heterocycles. The number of benzene rings is 1. The van der Waals surface area contributed by atoms with Crippen LogP contribution in [0.15, 0.2) is 24.3 Å². The number of carbonyl (C=O) groups is 1. The van der Waals surface area contributed by atoms with Crippen molar-refractivity contribution in [3.05, 3.63) is 29.8 Å². The number of carbonyl (C=O) groups excluding carboxylic acids is 1. The molecule has 0 aliphatic carbocycles. The number of ether oxygens (including phenoxy) is 3. The molecule has 1 rings (SSSR count). The highest BCUT2D eigenvalue weighted by atomic mass is 33.1. The summed E-state index contributed by atoms with van der Waals surface area (Å²) in [6.45, 7) is 18.5. The fraction of sp³-hybridized carbons (Fsp3) is 0.708. The summed E-state index contributed by atoms with van der Waals surface area (Å²) >= 11 is 0. The van der Waals surface area contributed by atoms with Crippen LogP contribution in [0.5, 0.6) is 5.75 Å². The molecule has 2 N–H and O–H groups in total. The molecule has 1 aromatic carbocycles. The lowest BCUT2D eigenvalue weighted by molar-refractivity contribution is 0.0165. The molecule has 8 heteroatoms. The third kappa shape index (κ3) is 15.0. The second-order valence-electron chi connectivity index (χ2n) is 9.26. The van der Waals surface area contributed by atoms with Gasteiger partial charge in [-0.2, -0.15) is 0 Å². The average Bonchev–Trinajstić information content (AvgIpc) is 2.71. The fourth-order valence-corrected chi connectivity index (χ4v) is 4.58. The molecular formula is C24H42N2O4S2. The van der Waals surface area contributed by atoms with Crippen LogP contribution in [0.25, 0.3) is 0 Å². The lowest BCUT2D eigenvalue weighted by Gasteiger charge is -2.22. The molecule has 184 valence electrons. The van der Waals surface area contributed by atoms with Gasteiger partial charge in [0.1, 0.15) is 17.8 Å². The fourth-order valence-electron chi connectivity index (χ4n) is 2.39. The molecule has 1 unspecified atom stereocenters. The lowest BCUT2D eigenvalue weighted by Crippen LogP contribution is -2.34. The molecule has 0 aliphatic heterocycles. The molecule has 1 aromatic rings. The molecule has 0 spiro atoms. The van der Waals surface area contributed by atoms with Crippen molar-refractivity contribution in [2.24, 2.45) is 5.92 Å². The highest BCUT2D eigenvalue weighted by Crippen LogP contribution is 2.38. The van der Waals surface area contributed by atoms with E-state index in [2.05, 4.69) is 59.1 Å². The van der Waals surface area contributed by atoms with Crippen molar-refractivity contribution in [2.45, 2.75) is 64.7 Å². The molecule has 0 saturated carbocycles. The van der Waals surface area contributed by atoms with Crippen LogP contribution in [-0.4, -0.2) is 61.6 Å². The minimum atomic E-state index is -0.138. The van der Waals surface area contributed by atoms with Crippen molar-refractivity contribution in [1.29, 1.82) is 0 Å². The number of rotatable bonds is 16. The van der Waals surface area contributed by atoms with Crippen molar-refractivity contribution >= 4 is 27.5 Å². The topological polar surface area (TPSA) is 68.8 Å². The smallest absolute Gasteiger partial charge is 0.251 e. The quantitative estimate of drug-likeness (QED) is 0.194. The van der Waals surface area contributed by atoms with E-state index in [1.54, 1.807) is 33.7 Å². The minimum Gasteiger partial charge on any atom is -0.490 e. The minimum absolute atomic E-state index is 0.103. The summed E-state index contributed by atoms with van der Waals surface area (Å²) in [5, 5.41) is 6.21. The van der Waals surface area contributed by atoms with E-state index in [4.69, 9.17) is 14.2 Å². The first-order chi connectivity index (χ1) is 15.1. The second-order valence-corrected chi connectivity index (χ2v) is 12.5. The van der Waals surface area contributed by atoms with E-state index in [1.165, 1.54) is 0 Å². The molecule has 0 aromatic heterocycles. The summed E-state index contributed by atoms with van der Waals surface area (Å²) < 4.78 is 17.7. The van der Waals surface area contributed by atoms with Crippen LogP contribution in [0.4, 0.5) is 0 Å². The van der Waals surface area contributed by atoms with Crippen molar-refractivity contribution in [1.82, 2.24) is 10.6 Å². The highest BCUT2D eigenvalue weighted by Gasteiger charge is 2.18. The summed E-state index contributed by atoms with van der Waals surface area (Å²) in [5.74, 6) is 1.06. The molecule has 0 saturated heterocycles. The van der Waals surface area contributed by atoms with E-state index >= 15 is 0 Å². The summed E-state index contributed by atoms with van der Waals surface area (Å²) in [6, 6.07) is 7.66. The first-order valence-electron chi connectivity index (χ1n) is 11.3. The Kier molecular flexibility index (Phi) is 14.4.